The highest BCUT2D eigenvalue weighted by molar-refractivity contribution is 8.00. The smallest absolute Gasteiger partial charge is 0.236 e. The number of rotatable bonds is 6. The number of benzene rings is 2. The Hall–Kier alpha value is -2.61. The molecule has 182 valence electrons. The number of nitrogens with zero attached hydrogens (tertiary/aromatic N) is 3. The minimum Gasteiger partial charge on any atom is -0.338 e. The van der Waals surface area contributed by atoms with Crippen LogP contribution < -0.4 is 0 Å². The Morgan fingerprint density at radius 3 is 2.43 bits per heavy atom. The molecule has 3 heterocycles. The standard InChI is InChI=1S/C28H31N3O2S2/c1-21-18-29(15-16-31(21)27(33)20-35-23-10-6-3-7-11-23)26(32)19-30-14-12-25-24(13-17-34-25)28(30)22-8-4-2-5-9-22/h2-11,13,17,21,28H,12,14-16,18-20H2,1H3. The lowest BCUT2D eigenvalue weighted by Gasteiger charge is -2.42. The second-order valence-electron chi connectivity index (χ2n) is 9.21. The van der Waals surface area contributed by atoms with Crippen molar-refractivity contribution >= 4 is 34.9 Å². The molecule has 1 fully saturated rings. The average molecular weight is 506 g/mol. The van der Waals surface area contributed by atoms with Crippen molar-refractivity contribution in [2.75, 3.05) is 38.5 Å². The molecule has 5 nitrogen and oxygen atoms in total. The first-order valence-electron chi connectivity index (χ1n) is 12.2. The van der Waals surface area contributed by atoms with E-state index in [1.54, 1.807) is 11.8 Å². The van der Waals surface area contributed by atoms with Crippen molar-refractivity contribution in [1.29, 1.82) is 0 Å². The molecule has 2 amide bonds. The average Bonchev–Trinajstić information content (AvgIpc) is 3.37. The van der Waals surface area contributed by atoms with Crippen molar-refractivity contribution in [3.8, 4) is 0 Å². The van der Waals surface area contributed by atoms with Crippen molar-refractivity contribution in [2.24, 2.45) is 0 Å². The molecule has 3 aromatic rings. The fourth-order valence-corrected chi connectivity index (χ4v) is 6.85. The summed E-state index contributed by atoms with van der Waals surface area (Å²) in [5.41, 5.74) is 2.57. The maximum atomic E-state index is 13.4. The number of fused-ring (bicyclic) bond motifs is 1. The van der Waals surface area contributed by atoms with E-state index in [-0.39, 0.29) is 23.9 Å². The largest absolute Gasteiger partial charge is 0.338 e. The summed E-state index contributed by atoms with van der Waals surface area (Å²) in [5.74, 6) is 0.725. The molecule has 2 unspecified atom stereocenters. The molecule has 0 N–H and O–H groups in total. The highest BCUT2D eigenvalue weighted by Crippen LogP contribution is 2.37. The van der Waals surface area contributed by atoms with Crippen molar-refractivity contribution < 1.29 is 9.59 Å². The third-order valence-electron chi connectivity index (χ3n) is 6.93. The number of hydrogen-bond acceptors (Lipinski definition) is 5. The van der Waals surface area contributed by atoms with E-state index in [1.807, 2.05) is 57.5 Å². The first kappa shape index (κ1) is 24.1. The van der Waals surface area contributed by atoms with Crippen LogP contribution in [0.3, 0.4) is 0 Å². The molecular weight excluding hydrogens is 474 g/mol. The summed E-state index contributed by atoms with van der Waals surface area (Å²) in [5, 5.41) is 2.17. The highest BCUT2D eigenvalue weighted by Gasteiger charge is 2.34. The topological polar surface area (TPSA) is 43.9 Å². The summed E-state index contributed by atoms with van der Waals surface area (Å²) in [4.78, 5) is 35.0. The van der Waals surface area contributed by atoms with E-state index >= 15 is 0 Å². The first-order valence-corrected chi connectivity index (χ1v) is 14.1. The van der Waals surface area contributed by atoms with Gasteiger partial charge in [0.25, 0.3) is 0 Å². The van der Waals surface area contributed by atoms with Crippen LogP contribution in [0, 0.1) is 0 Å². The van der Waals surface area contributed by atoms with Gasteiger partial charge in [-0.3, -0.25) is 14.5 Å². The van der Waals surface area contributed by atoms with Gasteiger partial charge in [0.05, 0.1) is 18.3 Å². The van der Waals surface area contributed by atoms with Gasteiger partial charge in [0, 0.05) is 42.0 Å². The van der Waals surface area contributed by atoms with Crippen LogP contribution in [0.25, 0.3) is 0 Å². The van der Waals surface area contributed by atoms with Crippen LogP contribution >= 0.6 is 23.1 Å². The van der Waals surface area contributed by atoms with Crippen molar-refractivity contribution in [3.63, 3.8) is 0 Å². The summed E-state index contributed by atoms with van der Waals surface area (Å²) in [7, 11) is 0. The van der Waals surface area contributed by atoms with E-state index in [4.69, 9.17) is 0 Å². The van der Waals surface area contributed by atoms with Crippen LogP contribution in [-0.2, 0) is 16.0 Å². The fourth-order valence-electron chi connectivity index (χ4n) is 5.14. The van der Waals surface area contributed by atoms with Gasteiger partial charge >= 0.3 is 0 Å². The number of thiophene rings is 1. The quantitative estimate of drug-likeness (QED) is 0.461. The second kappa shape index (κ2) is 11.0. The van der Waals surface area contributed by atoms with E-state index in [9.17, 15) is 9.59 Å². The van der Waals surface area contributed by atoms with Crippen LogP contribution in [-0.4, -0.2) is 71.0 Å². The predicted octanol–water partition coefficient (Wildman–Crippen LogP) is 4.55. The van der Waals surface area contributed by atoms with Crippen LogP contribution in [0.2, 0.25) is 0 Å². The molecule has 0 aliphatic carbocycles. The van der Waals surface area contributed by atoms with Gasteiger partial charge in [0.1, 0.15) is 0 Å². The number of amides is 2. The van der Waals surface area contributed by atoms with Gasteiger partial charge in [-0.2, -0.15) is 0 Å². The molecule has 0 saturated carbocycles. The highest BCUT2D eigenvalue weighted by atomic mass is 32.2. The summed E-state index contributed by atoms with van der Waals surface area (Å²) in [6.07, 6.45) is 0.987. The second-order valence-corrected chi connectivity index (χ2v) is 11.3. The number of carbonyl (C=O) groups is 2. The summed E-state index contributed by atoms with van der Waals surface area (Å²) < 4.78 is 0. The molecule has 0 radical (unpaired) electrons. The maximum absolute atomic E-state index is 13.4. The van der Waals surface area contributed by atoms with Crippen LogP contribution in [0.4, 0.5) is 0 Å². The zero-order chi connectivity index (χ0) is 24.2. The SMILES string of the molecule is CC1CN(C(=O)CN2CCc3sccc3C2c2ccccc2)CCN1C(=O)CSc1ccccc1. The number of piperazine rings is 1. The molecular formula is C28H31N3O2S2. The molecule has 2 atom stereocenters. The van der Waals surface area contributed by atoms with Crippen LogP contribution in [0.15, 0.2) is 77.0 Å². The lowest BCUT2D eigenvalue weighted by atomic mass is 9.93. The lowest BCUT2D eigenvalue weighted by molar-refractivity contribution is -0.142. The Labute approximate surface area is 215 Å². The van der Waals surface area contributed by atoms with Gasteiger partial charge in [-0.05, 0) is 48.1 Å². The molecule has 2 aromatic carbocycles. The van der Waals surface area contributed by atoms with Crippen molar-refractivity contribution in [1.82, 2.24) is 14.7 Å². The summed E-state index contributed by atoms with van der Waals surface area (Å²) >= 11 is 3.39. The fraction of sp³-hybridized carbons (Fsp3) is 0.357. The van der Waals surface area contributed by atoms with Gasteiger partial charge < -0.3 is 9.80 Å². The van der Waals surface area contributed by atoms with Crippen molar-refractivity contribution in [3.05, 3.63) is 88.1 Å². The van der Waals surface area contributed by atoms with Gasteiger partial charge in [-0.1, -0.05) is 48.5 Å². The van der Waals surface area contributed by atoms with E-state index in [0.29, 0.717) is 31.9 Å². The minimum absolute atomic E-state index is 0.0197. The molecule has 2 aliphatic heterocycles. The third kappa shape index (κ3) is 5.47. The maximum Gasteiger partial charge on any atom is 0.236 e. The van der Waals surface area contributed by atoms with Crippen LogP contribution in [0.5, 0.6) is 0 Å². The summed E-state index contributed by atoms with van der Waals surface area (Å²) in [6.45, 7) is 5.11. The normalized spacial score (nSPS) is 20.5. The van der Waals surface area contributed by atoms with E-state index in [1.165, 1.54) is 16.0 Å². The molecule has 35 heavy (non-hydrogen) atoms. The number of carbonyl (C=O) groups excluding carboxylic acids is 2. The zero-order valence-corrected chi connectivity index (χ0v) is 21.6. The van der Waals surface area contributed by atoms with Crippen LogP contribution in [0.1, 0.15) is 29.0 Å². The van der Waals surface area contributed by atoms with Crippen molar-refractivity contribution in [2.45, 2.75) is 30.3 Å². The Bertz CT molecular complexity index is 1150. The Morgan fingerprint density at radius 1 is 0.943 bits per heavy atom. The van der Waals surface area contributed by atoms with Gasteiger partial charge in [-0.15, -0.1) is 23.1 Å². The Kier molecular flexibility index (Phi) is 7.56. The Balaban J connectivity index is 1.20. The third-order valence-corrected chi connectivity index (χ3v) is 8.92. The number of thioether (sulfide) groups is 1. The molecule has 0 bridgehead atoms. The van der Waals surface area contributed by atoms with Gasteiger partial charge in [0.2, 0.25) is 11.8 Å². The lowest BCUT2D eigenvalue weighted by Crippen LogP contribution is -2.57. The van der Waals surface area contributed by atoms with Gasteiger partial charge in [-0.25, -0.2) is 0 Å². The van der Waals surface area contributed by atoms with E-state index < -0.39 is 0 Å². The molecule has 7 heteroatoms. The molecule has 1 aromatic heterocycles. The first-order chi connectivity index (χ1) is 17.1. The molecule has 5 rings (SSSR count). The van der Waals surface area contributed by atoms with Gasteiger partial charge in [0.15, 0.2) is 0 Å². The monoisotopic (exact) mass is 505 g/mol. The van der Waals surface area contributed by atoms with E-state index in [0.717, 1.165) is 17.9 Å². The predicted molar refractivity (Wildman–Crippen MR) is 143 cm³/mol. The van der Waals surface area contributed by atoms with E-state index in [2.05, 4.69) is 47.5 Å². The zero-order valence-electron chi connectivity index (χ0n) is 20.0. The summed E-state index contributed by atoms with van der Waals surface area (Å²) in [6, 6.07) is 22.9. The molecule has 2 aliphatic rings. The minimum atomic E-state index is 0.0197. The Morgan fingerprint density at radius 2 is 1.69 bits per heavy atom. The number of hydrogen-bond donors (Lipinski definition) is 0. The molecule has 0 spiro atoms. The molecule has 1 saturated heterocycles.